The lowest BCUT2D eigenvalue weighted by molar-refractivity contribution is 0.307. The van der Waals surface area contributed by atoms with Crippen molar-refractivity contribution in [3.05, 3.63) is 76.3 Å². The Kier molecular flexibility index (Phi) is 4.39. The molecule has 118 valence electrons. The first-order valence-electron chi connectivity index (χ1n) is 7.46. The van der Waals surface area contributed by atoms with Crippen molar-refractivity contribution in [2.45, 2.75) is 13.2 Å². The summed E-state index contributed by atoms with van der Waals surface area (Å²) in [6, 6.07) is 13.5. The number of nitrogens with zero attached hydrogens (tertiary/aromatic N) is 3. The van der Waals surface area contributed by atoms with Gasteiger partial charge in [-0.15, -0.1) is 0 Å². The zero-order valence-electron chi connectivity index (χ0n) is 13.3. The van der Waals surface area contributed by atoms with Crippen molar-refractivity contribution in [1.29, 1.82) is 0 Å². The van der Waals surface area contributed by atoms with E-state index in [0.29, 0.717) is 30.1 Å². The van der Waals surface area contributed by atoms with Gasteiger partial charge in [-0.05, 0) is 31.8 Å². The summed E-state index contributed by atoms with van der Waals surface area (Å²) in [6.07, 6.45) is 3.35. The van der Waals surface area contributed by atoms with Gasteiger partial charge in [0.1, 0.15) is 6.61 Å². The predicted octanol–water partition coefficient (Wildman–Crippen LogP) is 2.34. The highest BCUT2D eigenvalue weighted by atomic mass is 16.5. The molecule has 0 N–H and O–H groups in total. The Morgan fingerprint density at radius 1 is 1.13 bits per heavy atom. The summed E-state index contributed by atoms with van der Waals surface area (Å²) in [5, 5.41) is 0. The van der Waals surface area contributed by atoms with Crippen LogP contribution in [0.1, 0.15) is 11.1 Å². The fourth-order valence-electron chi connectivity index (χ4n) is 2.42. The molecule has 0 unspecified atom stereocenters. The van der Waals surface area contributed by atoms with Gasteiger partial charge in [-0.3, -0.25) is 9.20 Å². The lowest BCUT2D eigenvalue weighted by Gasteiger charge is -2.12. The highest BCUT2D eigenvalue weighted by molar-refractivity contribution is 5.53. The Labute approximate surface area is 134 Å². The van der Waals surface area contributed by atoms with Gasteiger partial charge < -0.3 is 9.64 Å². The van der Waals surface area contributed by atoms with Crippen LogP contribution in [0.5, 0.6) is 5.75 Å². The maximum Gasteiger partial charge on any atom is 0.262 e. The molecule has 3 rings (SSSR count). The van der Waals surface area contributed by atoms with Crippen LogP contribution in [0.2, 0.25) is 0 Å². The molecule has 0 aliphatic rings. The molecule has 0 bridgehead atoms. The van der Waals surface area contributed by atoms with Gasteiger partial charge in [0, 0.05) is 18.9 Å². The summed E-state index contributed by atoms with van der Waals surface area (Å²) < 4.78 is 7.39. The van der Waals surface area contributed by atoms with Crippen molar-refractivity contribution in [2.75, 3.05) is 14.1 Å². The van der Waals surface area contributed by atoms with E-state index in [1.807, 2.05) is 55.4 Å². The molecule has 0 atom stereocenters. The van der Waals surface area contributed by atoms with Gasteiger partial charge >= 0.3 is 0 Å². The molecule has 0 spiro atoms. The first kappa shape index (κ1) is 15.2. The van der Waals surface area contributed by atoms with Crippen molar-refractivity contribution in [3.63, 3.8) is 0 Å². The first-order chi connectivity index (χ1) is 11.1. The van der Waals surface area contributed by atoms with E-state index < -0.39 is 0 Å². The Hall–Kier alpha value is -2.66. The summed E-state index contributed by atoms with van der Waals surface area (Å²) in [5.41, 5.74) is 2.21. The average Bonchev–Trinajstić information content (AvgIpc) is 2.56. The van der Waals surface area contributed by atoms with Crippen LogP contribution >= 0.6 is 0 Å². The van der Waals surface area contributed by atoms with Crippen LogP contribution in [0, 0.1) is 0 Å². The normalized spacial score (nSPS) is 11.1. The second kappa shape index (κ2) is 6.62. The van der Waals surface area contributed by atoms with Crippen molar-refractivity contribution < 1.29 is 4.74 Å². The Balaban J connectivity index is 1.93. The van der Waals surface area contributed by atoms with Crippen molar-refractivity contribution in [1.82, 2.24) is 14.3 Å². The third kappa shape index (κ3) is 3.40. The molecule has 1 aromatic carbocycles. The topological polar surface area (TPSA) is 46.8 Å². The van der Waals surface area contributed by atoms with E-state index in [9.17, 15) is 4.79 Å². The van der Waals surface area contributed by atoms with Crippen molar-refractivity contribution in [2.24, 2.45) is 0 Å². The van der Waals surface area contributed by atoms with E-state index in [0.717, 1.165) is 5.56 Å². The molecular formula is C18H19N3O2. The van der Waals surface area contributed by atoms with Gasteiger partial charge in [0.15, 0.2) is 11.4 Å². The number of ether oxygens (including phenoxy) is 1. The zero-order chi connectivity index (χ0) is 16.2. The van der Waals surface area contributed by atoms with Crippen molar-refractivity contribution in [3.8, 4) is 5.75 Å². The van der Waals surface area contributed by atoms with Crippen LogP contribution in [-0.2, 0) is 13.2 Å². The summed E-state index contributed by atoms with van der Waals surface area (Å²) >= 11 is 0. The van der Waals surface area contributed by atoms with Crippen LogP contribution in [0.15, 0.2) is 59.7 Å². The summed E-state index contributed by atoms with van der Waals surface area (Å²) in [6.45, 7) is 1.000. The fraction of sp³-hybridized carbons (Fsp3) is 0.222. The van der Waals surface area contributed by atoms with Crippen LogP contribution < -0.4 is 10.3 Å². The molecule has 23 heavy (non-hydrogen) atoms. The van der Waals surface area contributed by atoms with Crippen LogP contribution in [0.3, 0.4) is 0 Å². The third-order valence-electron chi connectivity index (χ3n) is 3.49. The minimum absolute atomic E-state index is 0.0612. The van der Waals surface area contributed by atoms with E-state index in [4.69, 9.17) is 4.74 Å². The van der Waals surface area contributed by atoms with E-state index >= 15 is 0 Å². The number of hydrogen-bond acceptors (Lipinski definition) is 4. The molecule has 0 fully saturated rings. The minimum atomic E-state index is -0.0612. The number of fused-ring (bicyclic) bond motifs is 1. The zero-order valence-corrected chi connectivity index (χ0v) is 13.3. The molecule has 2 aromatic heterocycles. The molecule has 0 amide bonds. The van der Waals surface area contributed by atoms with Crippen LogP contribution in [-0.4, -0.2) is 28.4 Å². The van der Waals surface area contributed by atoms with E-state index in [1.54, 1.807) is 22.9 Å². The number of hydrogen-bond donors (Lipinski definition) is 0. The molecule has 0 saturated carbocycles. The smallest absolute Gasteiger partial charge is 0.262 e. The minimum Gasteiger partial charge on any atom is -0.485 e. The van der Waals surface area contributed by atoms with Gasteiger partial charge in [-0.1, -0.05) is 30.3 Å². The maximum atomic E-state index is 12.5. The van der Waals surface area contributed by atoms with Crippen LogP contribution in [0.25, 0.3) is 5.65 Å². The quantitative estimate of drug-likeness (QED) is 0.726. The van der Waals surface area contributed by atoms with Gasteiger partial charge in [0.2, 0.25) is 0 Å². The highest BCUT2D eigenvalue weighted by Crippen LogP contribution is 2.17. The molecule has 0 radical (unpaired) electrons. The second-order valence-corrected chi connectivity index (χ2v) is 5.67. The van der Waals surface area contributed by atoms with Gasteiger partial charge in [0.25, 0.3) is 5.56 Å². The Bertz CT molecular complexity index is 857. The third-order valence-corrected chi connectivity index (χ3v) is 3.49. The van der Waals surface area contributed by atoms with Gasteiger partial charge in [-0.2, -0.15) is 0 Å². The monoisotopic (exact) mass is 309 g/mol. The van der Waals surface area contributed by atoms with E-state index in [1.165, 1.54) is 0 Å². The van der Waals surface area contributed by atoms with E-state index in [-0.39, 0.29) is 5.56 Å². The number of pyridine rings is 1. The lowest BCUT2D eigenvalue weighted by Crippen LogP contribution is -2.24. The summed E-state index contributed by atoms with van der Waals surface area (Å²) in [7, 11) is 3.85. The van der Waals surface area contributed by atoms with Gasteiger partial charge in [0.05, 0.1) is 5.56 Å². The fourth-order valence-corrected chi connectivity index (χ4v) is 2.42. The molecule has 0 saturated heterocycles. The van der Waals surface area contributed by atoms with Crippen molar-refractivity contribution >= 4 is 5.65 Å². The van der Waals surface area contributed by atoms with Crippen LogP contribution in [0.4, 0.5) is 0 Å². The predicted molar refractivity (Wildman–Crippen MR) is 89.6 cm³/mol. The Morgan fingerprint density at radius 3 is 2.65 bits per heavy atom. The Morgan fingerprint density at radius 2 is 1.91 bits per heavy atom. The molecule has 0 aliphatic heterocycles. The highest BCUT2D eigenvalue weighted by Gasteiger charge is 2.09. The molecule has 2 heterocycles. The summed E-state index contributed by atoms with van der Waals surface area (Å²) in [4.78, 5) is 18.9. The molecular weight excluding hydrogens is 290 g/mol. The largest absolute Gasteiger partial charge is 0.485 e. The number of aromatic nitrogens is 2. The number of rotatable bonds is 5. The van der Waals surface area contributed by atoms with E-state index in [2.05, 4.69) is 4.98 Å². The lowest BCUT2D eigenvalue weighted by atomic mass is 10.2. The average molecular weight is 309 g/mol. The molecule has 5 nitrogen and oxygen atoms in total. The second-order valence-electron chi connectivity index (χ2n) is 5.67. The number of benzene rings is 1. The van der Waals surface area contributed by atoms with Gasteiger partial charge in [-0.25, -0.2) is 4.98 Å². The first-order valence-corrected chi connectivity index (χ1v) is 7.46. The maximum absolute atomic E-state index is 12.5. The summed E-state index contributed by atoms with van der Waals surface area (Å²) in [5.74, 6) is 0.602. The molecule has 3 aromatic rings. The molecule has 0 aliphatic carbocycles. The SMILES string of the molecule is CN(C)Cc1cnc2c(OCc3ccccc3)cccn2c1=O. The molecule has 5 heteroatoms. The standard InChI is InChI=1S/C18H19N3O2/c1-20(2)12-15-11-19-17-16(9-6-10-21(17)18(15)22)23-13-14-7-4-3-5-8-14/h3-11H,12-13H2,1-2H3.